The van der Waals surface area contributed by atoms with Crippen LogP contribution in [0.2, 0.25) is 0 Å². The lowest BCUT2D eigenvalue weighted by atomic mass is 10.0. The molecule has 2 aromatic rings. The zero-order valence-electron chi connectivity index (χ0n) is 24.1. The average Bonchev–Trinajstić information content (AvgIpc) is 2.92. The van der Waals surface area contributed by atoms with Gasteiger partial charge in [-0.2, -0.15) is 5.26 Å². The van der Waals surface area contributed by atoms with Crippen LogP contribution < -0.4 is 10.2 Å². The Morgan fingerprint density at radius 3 is 2.16 bits per heavy atom. The van der Waals surface area contributed by atoms with Crippen molar-refractivity contribution in [3.8, 4) is 17.2 Å². The molecule has 0 fully saturated rings. The number of benzene rings is 2. The molecule has 0 radical (unpaired) electrons. The number of rotatable bonds is 13. The van der Waals surface area contributed by atoms with Gasteiger partial charge in [0.25, 0.3) is 0 Å². The minimum atomic E-state index is -0.213. The van der Waals surface area contributed by atoms with E-state index in [1.807, 2.05) is 38.1 Å². The summed E-state index contributed by atoms with van der Waals surface area (Å²) in [5.74, 6) is -0.118. The lowest BCUT2D eigenvalue weighted by Crippen LogP contribution is -2.26. The molecule has 0 atom stereocenters. The van der Waals surface area contributed by atoms with E-state index in [2.05, 4.69) is 19.2 Å². The summed E-state index contributed by atoms with van der Waals surface area (Å²) in [5, 5.41) is 9.88. The molecule has 38 heavy (non-hydrogen) atoms. The van der Waals surface area contributed by atoms with E-state index >= 15 is 0 Å². The van der Waals surface area contributed by atoms with Gasteiger partial charge in [0.05, 0.1) is 6.07 Å². The minimum absolute atomic E-state index is 0.0952. The first kappa shape index (κ1) is 34.8. The SMILES string of the molecule is CCCC(=O)N(C)c1cc(-c2ccc(C)c(F)c2)ccc1C.CCCCCCOCCC.N#CCNC=O. The van der Waals surface area contributed by atoms with Gasteiger partial charge in [0.1, 0.15) is 12.4 Å². The van der Waals surface area contributed by atoms with Gasteiger partial charge in [-0.1, -0.05) is 64.3 Å². The number of carbonyl (C=O) groups is 2. The summed E-state index contributed by atoms with van der Waals surface area (Å²) in [5.41, 5.74) is 4.27. The number of halogens is 1. The number of ether oxygens (including phenoxy) is 1. The normalized spacial score (nSPS) is 9.74. The molecule has 0 unspecified atom stereocenters. The van der Waals surface area contributed by atoms with Gasteiger partial charge >= 0.3 is 0 Å². The molecule has 2 aromatic carbocycles. The largest absolute Gasteiger partial charge is 0.381 e. The number of nitrogens with zero attached hydrogens (tertiary/aromatic N) is 2. The molecule has 0 saturated heterocycles. The summed E-state index contributed by atoms with van der Waals surface area (Å²) in [7, 11) is 1.79. The molecule has 0 bridgehead atoms. The van der Waals surface area contributed by atoms with Gasteiger partial charge in [-0.05, 0) is 67.5 Å². The third kappa shape index (κ3) is 14.5. The van der Waals surface area contributed by atoms with Crippen LogP contribution >= 0.6 is 0 Å². The number of carbonyl (C=O) groups excluding carboxylic acids is 2. The van der Waals surface area contributed by atoms with E-state index in [4.69, 9.17) is 10.00 Å². The van der Waals surface area contributed by atoms with Crippen molar-refractivity contribution in [2.75, 3.05) is 31.7 Å². The minimum Gasteiger partial charge on any atom is -0.381 e. The molecular formula is C31H46FN3O3. The first-order chi connectivity index (χ1) is 18.3. The van der Waals surface area contributed by atoms with Gasteiger partial charge in [-0.15, -0.1) is 0 Å². The number of unbranched alkanes of at least 4 members (excludes halogenated alkanes) is 3. The molecule has 0 aliphatic heterocycles. The number of anilines is 1. The highest BCUT2D eigenvalue weighted by Crippen LogP contribution is 2.29. The van der Waals surface area contributed by atoms with Crippen molar-refractivity contribution in [1.29, 1.82) is 5.26 Å². The predicted octanol–water partition coefficient (Wildman–Crippen LogP) is 7.12. The molecule has 0 saturated carbocycles. The van der Waals surface area contributed by atoms with Crippen molar-refractivity contribution >= 4 is 18.0 Å². The van der Waals surface area contributed by atoms with E-state index in [0.717, 1.165) is 48.4 Å². The fourth-order valence-corrected chi connectivity index (χ4v) is 3.40. The molecule has 0 aromatic heterocycles. The van der Waals surface area contributed by atoms with E-state index in [1.165, 1.54) is 31.7 Å². The Kier molecular flexibility index (Phi) is 19.9. The zero-order chi connectivity index (χ0) is 28.8. The topological polar surface area (TPSA) is 82.4 Å². The standard InChI is InChI=1S/C19H22FNO.C9H20O.C3H4N2O/c1-5-6-19(22)21(4)18-12-16(10-8-14(18)3)15-9-7-13(2)17(20)11-15;1-3-5-6-7-9-10-8-4-2;4-1-2-5-3-6/h7-12H,5-6H2,1-4H3;3-9H2,1-2H3;3H,2H2,(H,5,6). The Morgan fingerprint density at radius 2 is 1.63 bits per heavy atom. The molecular weight excluding hydrogens is 481 g/mol. The lowest BCUT2D eigenvalue weighted by molar-refractivity contribution is -0.118. The van der Waals surface area contributed by atoms with Crippen LogP contribution in [0.4, 0.5) is 10.1 Å². The number of nitrogens with one attached hydrogen (secondary N) is 1. The van der Waals surface area contributed by atoms with E-state index in [9.17, 15) is 14.0 Å². The molecule has 0 spiro atoms. The Labute approximate surface area is 229 Å². The van der Waals surface area contributed by atoms with E-state index in [1.54, 1.807) is 31.0 Å². The zero-order valence-corrected chi connectivity index (χ0v) is 24.1. The van der Waals surface area contributed by atoms with Crippen molar-refractivity contribution in [1.82, 2.24) is 5.32 Å². The van der Waals surface area contributed by atoms with Crippen LogP contribution in [0.15, 0.2) is 36.4 Å². The maximum absolute atomic E-state index is 13.8. The van der Waals surface area contributed by atoms with Crippen molar-refractivity contribution < 1.29 is 18.7 Å². The number of amides is 2. The van der Waals surface area contributed by atoms with Crippen LogP contribution in [-0.2, 0) is 14.3 Å². The maximum atomic E-state index is 13.8. The van der Waals surface area contributed by atoms with E-state index < -0.39 is 0 Å². The van der Waals surface area contributed by atoms with Crippen molar-refractivity contribution in [3.05, 3.63) is 53.3 Å². The molecule has 1 N–H and O–H groups in total. The lowest BCUT2D eigenvalue weighted by Gasteiger charge is -2.20. The van der Waals surface area contributed by atoms with E-state index in [0.29, 0.717) is 18.4 Å². The Hall–Kier alpha value is -3.24. The van der Waals surface area contributed by atoms with Gasteiger partial charge in [-0.3, -0.25) is 9.59 Å². The Morgan fingerprint density at radius 1 is 0.974 bits per heavy atom. The molecule has 210 valence electrons. The third-order valence-electron chi connectivity index (χ3n) is 5.67. The monoisotopic (exact) mass is 527 g/mol. The highest BCUT2D eigenvalue weighted by atomic mass is 19.1. The average molecular weight is 528 g/mol. The number of nitriles is 1. The fourth-order valence-electron chi connectivity index (χ4n) is 3.40. The second kappa shape index (κ2) is 21.8. The van der Waals surface area contributed by atoms with Crippen LogP contribution in [0, 0.1) is 31.0 Å². The number of hydrogen-bond acceptors (Lipinski definition) is 4. The van der Waals surface area contributed by atoms with Crippen molar-refractivity contribution in [3.63, 3.8) is 0 Å². The Bertz CT molecular complexity index is 981. The van der Waals surface area contributed by atoms with Crippen molar-refractivity contribution in [2.24, 2.45) is 0 Å². The predicted molar refractivity (Wildman–Crippen MR) is 155 cm³/mol. The first-order valence-corrected chi connectivity index (χ1v) is 13.5. The molecule has 0 heterocycles. The van der Waals surface area contributed by atoms with Crippen LogP contribution in [0.5, 0.6) is 0 Å². The van der Waals surface area contributed by atoms with Gasteiger partial charge in [0.15, 0.2) is 0 Å². The van der Waals surface area contributed by atoms with Crippen LogP contribution in [0.1, 0.15) is 76.8 Å². The van der Waals surface area contributed by atoms with Crippen LogP contribution in [0.25, 0.3) is 11.1 Å². The second-order valence-electron chi connectivity index (χ2n) is 9.00. The highest BCUT2D eigenvalue weighted by Gasteiger charge is 2.13. The Balaban J connectivity index is 0.000000709. The molecule has 0 aliphatic carbocycles. The summed E-state index contributed by atoms with van der Waals surface area (Å²) in [4.78, 5) is 23.1. The summed E-state index contributed by atoms with van der Waals surface area (Å²) < 4.78 is 19.1. The van der Waals surface area contributed by atoms with Gasteiger partial charge in [-0.25, -0.2) is 4.39 Å². The first-order valence-electron chi connectivity index (χ1n) is 13.5. The summed E-state index contributed by atoms with van der Waals surface area (Å²) >= 11 is 0. The van der Waals surface area contributed by atoms with Gasteiger partial charge in [0.2, 0.25) is 12.3 Å². The second-order valence-corrected chi connectivity index (χ2v) is 9.00. The summed E-state index contributed by atoms with van der Waals surface area (Å²) in [6.07, 6.45) is 8.23. The number of aryl methyl sites for hydroxylation is 2. The van der Waals surface area contributed by atoms with Crippen LogP contribution in [0.3, 0.4) is 0 Å². The highest BCUT2D eigenvalue weighted by molar-refractivity contribution is 5.94. The maximum Gasteiger partial charge on any atom is 0.226 e. The molecule has 2 rings (SSSR count). The molecule has 6 nitrogen and oxygen atoms in total. The van der Waals surface area contributed by atoms with E-state index in [-0.39, 0.29) is 18.3 Å². The summed E-state index contributed by atoms with van der Waals surface area (Å²) in [6.45, 7) is 12.1. The van der Waals surface area contributed by atoms with Crippen molar-refractivity contribution in [2.45, 2.75) is 79.6 Å². The third-order valence-corrected chi connectivity index (χ3v) is 5.67. The fraction of sp³-hybridized carbons (Fsp3) is 0.516. The quantitative estimate of drug-likeness (QED) is 0.171. The molecule has 7 heteroatoms. The van der Waals surface area contributed by atoms with Gasteiger partial charge < -0.3 is 15.0 Å². The number of hydrogen-bond donors (Lipinski definition) is 1. The smallest absolute Gasteiger partial charge is 0.226 e. The molecule has 2 amide bonds. The molecule has 0 aliphatic rings. The van der Waals surface area contributed by atoms with Crippen LogP contribution in [-0.4, -0.2) is 39.1 Å². The summed E-state index contributed by atoms with van der Waals surface area (Å²) in [6, 6.07) is 12.8. The van der Waals surface area contributed by atoms with Gasteiger partial charge in [0, 0.05) is 32.4 Å².